The van der Waals surface area contributed by atoms with E-state index in [1.165, 1.54) is 12.5 Å². The molecule has 1 amide bonds. The topological polar surface area (TPSA) is 49.3 Å². The Labute approximate surface area is 114 Å². The molecule has 102 valence electrons. The van der Waals surface area contributed by atoms with Crippen LogP contribution in [0.1, 0.15) is 41.0 Å². The summed E-state index contributed by atoms with van der Waals surface area (Å²) in [6.45, 7) is 9.54. The first-order chi connectivity index (χ1) is 8.28. The Morgan fingerprint density at radius 2 is 2.22 bits per heavy atom. The van der Waals surface area contributed by atoms with Crippen molar-refractivity contribution in [3.05, 3.63) is 22.3 Å². The second-order valence-electron chi connectivity index (χ2n) is 5.25. The van der Waals surface area contributed by atoms with Gasteiger partial charge in [0.2, 0.25) is 5.91 Å². The number of hydrogen-bond donors (Lipinski definition) is 2. The lowest BCUT2D eigenvalue weighted by Gasteiger charge is -2.34. The van der Waals surface area contributed by atoms with Crippen molar-refractivity contribution in [1.82, 2.24) is 5.32 Å². The van der Waals surface area contributed by atoms with Gasteiger partial charge in [-0.1, -0.05) is 26.3 Å². The molecule has 1 aliphatic rings. The van der Waals surface area contributed by atoms with Crippen molar-refractivity contribution in [2.75, 3.05) is 5.75 Å². The predicted molar refractivity (Wildman–Crippen MR) is 77.1 cm³/mol. The zero-order valence-electron chi connectivity index (χ0n) is 11.8. The minimum atomic E-state index is -0.424. The number of nitrogens with one attached hydrogen (secondary N) is 1. The van der Waals surface area contributed by atoms with Crippen LogP contribution in [-0.2, 0) is 4.79 Å². The lowest BCUT2D eigenvalue weighted by molar-refractivity contribution is -0.118. The standard InChI is InChI=1S/C14H23NO2S/c1-6-11-8-18-13(15-10(3)17)7-12(11)14(4,5)9(2)16/h7,9,16H,6,8H2,1-5H3,(H,15,17). The van der Waals surface area contributed by atoms with Crippen LogP contribution in [0.2, 0.25) is 0 Å². The molecule has 1 atom stereocenters. The van der Waals surface area contributed by atoms with Gasteiger partial charge in [-0.3, -0.25) is 4.79 Å². The van der Waals surface area contributed by atoms with Gasteiger partial charge in [-0.25, -0.2) is 0 Å². The zero-order chi connectivity index (χ0) is 13.9. The SMILES string of the molecule is CCC1=C(C(C)(C)C(C)O)C=C(NC(C)=O)SC1. The van der Waals surface area contributed by atoms with E-state index in [2.05, 4.69) is 12.2 Å². The monoisotopic (exact) mass is 269 g/mol. The van der Waals surface area contributed by atoms with E-state index in [0.29, 0.717) is 0 Å². The molecule has 1 heterocycles. The van der Waals surface area contributed by atoms with Crippen molar-refractivity contribution >= 4 is 17.7 Å². The van der Waals surface area contributed by atoms with Crippen molar-refractivity contribution in [2.24, 2.45) is 5.41 Å². The number of aliphatic hydroxyl groups is 1. The molecule has 2 N–H and O–H groups in total. The summed E-state index contributed by atoms with van der Waals surface area (Å²) in [4.78, 5) is 11.1. The first-order valence-electron chi connectivity index (χ1n) is 6.31. The van der Waals surface area contributed by atoms with Gasteiger partial charge >= 0.3 is 0 Å². The summed E-state index contributed by atoms with van der Waals surface area (Å²) < 4.78 is 0. The highest BCUT2D eigenvalue weighted by Gasteiger charge is 2.31. The number of hydrogen-bond acceptors (Lipinski definition) is 3. The van der Waals surface area contributed by atoms with Gasteiger partial charge in [-0.05, 0) is 25.0 Å². The van der Waals surface area contributed by atoms with Crippen molar-refractivity contribution < 1.29 is 9.90 Å². The molecule has 1 unspecified atom stereocenters. The van der Waals surface area contributed by atoms with Crippen LogP contribution in [0.15, 0.2) is 22.3 Å². The Morgan fingerprint density at radius 3 is 2.67 bits per heavy atom. The van der Waals surface area contributed by atoms with Crippen LogP contribution in [0.5, 0.6) is 0 Å². The van der Waals surface area contributed by atoms with E-state index in [9.17, 15) is 9.90 Å². The highest BCUT2D eigenvalue weighted by Crippen LogP contribution is 2.40. The lowest BCUT2D eigenvalue weighted by atomic mass is 9.77. The van der Waals surface area contributed by atoms with Crippen LogP contribution < -0.4 is 5.32 Å². The third kappa shape index (κ3) is 3.39. The normalized spacial score (nSPS) is 18.4. The zero-order valence-corrected chi connectivity index (χ0v) is 12.6. The molecule has 1 rings (SSSR count). The van der Waals surface area contributed by atoms with Gasteiger partial charge in [0.15, 0.2) is 0 Å². The van der Waals surface area contributed by atoms with Crippen molar-refractivity contribution in [3.8, 4) is 0 Å². The summed E-state index contributed by atoms with van der Waals surface area (Å²) in [5.41, 5.74) is 2.21. The molecule has 0 fully saturated rings. The third-order valence-corrected chi connectivity index (χ3v) is 4.55. The summed E-state index contributed by atoms with van der Waals surface area (Å²) in [7, 11) is 0. The molecule has 0 aromatic heterocycles. The van der Waals surface area contributed by atoms with Crippen LogP contribution in [0.3, 0.4) is 0 Å². The fraction of sp³-hybridized carbons (Fsp3) is 0.643. The average Bonchev–Trinajstić information content (AvgIpc) is 2.27. The summed E-state index contributed by atoms with van der Waals surface area (Å²) in [5.74, 6) is 0.830. The molecular formula is C14H23NO2S. The lowest BCUT2D eigenvalue weighted by Crippen LogP contribution is -2.31. The average molecular weight is 269 g/mol. The quantitative estimate of drug-likeness (QED) is 0.825. The van der Waals surface area contributed by atoms with E-state index in [-0.39, 0.29) is 11.3 Å². The maximum Gasteiger partial charge on any atom is 0.221 e. The minimum Gasteiger partial charge on any atom is -0.393 e. The number of aliphatic hydroxyl groups excluding tert-OH is 1. The molecular weight excluding hydrogens is 246 g/mol. The minimum absolute atomic E-state index is 0.0529. The number of rotatable bonds is 4. The second-order valence-corrected chi connectivity index (χ2v) is 6.26. The van der Waals surface area contributed by atoms with Crippen molar-refractivity contribution in [1.29, 1.82) is 0 Å². The molecule has 0 aromatic rings. The van der Waals surface area contributed by atoms with E-state index < -0.39 is 6.10 Å². The molecule has 0 saturated heterocycles. The van der Waals surface area contributed by atoms with Crippen LogP contribution in [-0.4, -0.2) is 22.9 Å². The van der Waals surface area contributed by atoms with Crippen LogP contribution in [0.4, 0.5) is 0 Å². The van der Waals surface area contributed by atoms with Gasteiger partial charge in [-0.15, -0.1) is 11.8 Å². The first-order valence-corrected chi connectivity index (χ1v) is 7.30. The number of carbonyl (C=O) groups is 1. The molecule has 4 heteroatoms. The molecule has 0 bridgehead atoms. The maximum atomic E-state index is 11.1. The van der Waals surface area contributed by atoms with E-state index in [1.807, 2.05) is 26.8 Å². The number of allylic oxidation sites excluding steroid dienone is 1. The van der Waals surface area contributed by atoms with Gasteiger partial charge in [0.1, 0.15) is 0 Å². The van der Waals surface area contributed by atoms with Gasteiger partial charge < -0.3 is 10.4 Å². The van der Waals surface area contributed by atoms with E-state index in [0.717, 1.165) is 22.8 Å². The highest BCUT2D eigenvalue weighted by atomic mass is 32.2. The number of carbonyl (C=O) groups excluding carboxylic acids is 1. The van der Waals surface area contributed by atoms with E-state index in [1.54, 1.807) is 11.8 Å². The summed E-state index contributed by atoms with van der Waals surface area (Å²) in [6.07, 6.45) is 2.57. The van der Waals surface area contributed by atoms with Crippen molar-refractivity contribution in [2.45, 2.75) is 47.1 Å². The van der Waals surface area contributed by atoms with Crippen LogP contribution in [0.25, 0.3) is 0 Å². The second kappa shape index (κ2) is 5.93. The largest absolute Gasteiger partial charge is 0.393 e. The fourth-order valence-electron chi connectivity index (χ4n) is 1.92. The van der Waals surface area contributed by atoms with Crippen LogP contribution >= 0.6 is 11.8 Å². The molecule has 0 saturated carbocycles. The molecule has 0 spiro atoms. The molecule has 0 radical (unpaired) electrons. The third-order valence-electron chi connectivity index (χ3n) is 3.52. The Morgan fingerprint density at radius 1 is 1.61 bits per heavy atom. The number of thioether (sulfide) groups is 1. The number of amides is 1. The molecule has 18 heavy (non-hydrogen) atoms. The first kappa shape index (κ1) is 15.3. The Hall–Kier alpha value is -0.740. The maximum absolute atomic E-state index is 11.1. The molecule has 1 aliphatic heterocycles. The van der Waals surface area contributed by atoms with Gasteiger partial charge in [0.25, 0.3) is 0 Å². The molecule has 0 aliphatic carbocycles. The van der Waals surface area contributed by atoms with Crippen molar-refractivity contribution in [3.63, 3.8) is 0 Å². The van der Waals surface area contributed by atoms with E-state index in [4.69, 9.17) is 0 Å². The molecule has 3 nitrogen and oxygen atoms in total. The van der Waals surface area contributed by atoms with Gasteiger partial charge in [-0.2, -0.15) is 0 Å². The van der Waals surface area contributed by atoms with E-state index >= 15 is 0 Å². The Balaban J connectivity index is 3.12. The summed E-state index contributed by atoms with van der Waals surface area (Å²) in [5, 5.41) is 13.7. The van der Waals surface area contributed by atoms with Crippen LogP contribution in [0, 0.1) is 5.41 Å². The Kier molecular flexibility index (Phi) is 5.05. The predicted octanol–water partition coefficient (Wildman–Crippen LogP) is 2.82. The summed E-state index contributed by atoms with van der Waals surface area (Å²) >= 11 is 1.65. The highest BCUT2D eigenvalue weighted by molar-refractivity contribution is 8.03. The van der Waals surface area contributed by atoms with Gasteiger partial charge in [0.05, 0.1) is 11.1 Å². The Bertz CT molecular complexity index is 395. The fourth-order valence-corrected chi connectivity index (χ4v) is 3.03. The molecule has 0 aromatic carbocycles. The smallest absolute Gasteiger partial charge is 0.221 e. The summed E-state index contributed by atoms with van der Waals surface area (Å²) in [6, 6.07) is 0. The van der Waals surface area contributed by atoms with Gasteiger partial charge in [0, 0.05) is 18.1 Å².